The van der Waals surface area contributed by atoms with E-state index < -0.39 is 5.54 Å². The third-order valence-electron chi connectivity index (χ3n) is 3.82. The summed E-state index contributed by atoms with van der Waals surface area (Å²) in [4.78, 5) is 16.8. The number of primary amides is 1. The highest BCUT2D eigenvalue weighted by Gasteiger charge is 2.39. The van der Waals surface area contributed by atoms with Gasteiger partial charge in [-0.3, -0.25) is 4.79 Å². The third-order valence-corrected chi connectivity index (χ3v) is 3.82. The summed E-state index contributed by atoms with van der Waals surface area (Å²) in [5.41, 5.74) is 13.2. The van der Waals surface area contributed by atoms with Crippen LogP contribution in [0.15, 0.2) is 5.11 Å². The van der Waals surface area contributed by atoms with Crippen LogP contribution >= 0.6 is 0 Å². The van der Waals surface area contributed by atoms with E-state index in [9.17, 15) is 4.79 Å². The molecule has 7 heteroatoms. The monoisotopic (exact) mass is 268 g/mol. The minimum absolute atomic E-state index is 0.278. The maximum absolute atomic E-state index is 11.7. The van der Waals surface area contributed by atoms with Crippen LogP contribution in [-0.4, -0.2) is 48.6 Å². The number of hydrogen-bond acceptors (Lipinski definition) is 4. The van der Waals surface area contributed by atoms with Crippen molar-refractivity contribution in [2.75, 3.05) is 26.2 Å². The van der Waals surface area contributed by atoms with E-state index in [4.69, 9.17) is 11.3 Å². The van der Waals surface area contributed by atoms with Gasteiger partial charge in [0.25, 0.3) is 0 Å². The predicted molar refractivity (Wildman–Crippen MR) is 74.5 cm³/mol. The summed E-state index contributed by atoms with van der Waals surface area (Å²) in [6.45, 7) is 7.16. The number of carbonyl (C=O) groups is 1. The molecule has 3 N–H and O–H groups in total. The van der Waals surface area contributed by atoms with E-state index in [0.29, 0.717) is 25.6 Å². The smallest absolute Gasteiger partial charge is 0.237 e. The quantitative estimate of drug-likeness (QED) is 0.311. The van der Waals surface area contributed by atoms with Gasteiger partial charge in [0, 0.05) is 30.6 Å². The number of amides is 1. The number of azide groups is 1. The van der Waals surface area contributed by atoms with Crippen molar-refractivity contribution in [3.8, 4) is 0 Å². The van der Waals surface area contributed by atoms with Gasteiger partial charge < -0.3 is 16.0 Å². The van der Waals surface area contributed by atoms with Crippen LogP contribution < -0.4 is 11.1 Å². The second-order valence-corrected chi connectivity index (χ2v) is 5.31. The van der Waals surface area contributed by atoms with Crippen molar-refractivity contribution in [3.63, 3.8) is 0 Å². The highest BCUT2D eigenvalue weighted by Crippen LogP contribution is 2.23. The van der Waals surface area contributed by atoms with Crippen LogP contribution in [0.5, 0.6) is 0 Å². The highest BCUT2D eigenvalue weighted by molar-refractivity contribution is 5.84. The van der Waals surface area contributed by atoms with Crippen molar-refractivity contribution >= 4 is 5.91 Å². The molecule has 1 fully saturated rings. The molecular weight excluding hydrogens is 244 g/mol. The van der Waals surface area contributed by atoms with Crippen LogP contribution in [0, 0.1) is 0 Å². The zero-order valence-electron chi connectivity index (χ0n) is 11.8. The Bertz CT molecular complexity index is 342. The number of nitrogens with two attached hydrogens (primary N) is 1. The number of carbonyl (C=O) groups excluding carboxylic acids is 1. The lowest BCUT2D eigenvalue weighted by atomic mass is 9.86. The Labute approximate surface area is 114 Å². The number of hydrogen-bond donors (Lipinski definition) is 2. The molecule has 1 heterocycles. The summed E-state index contributed by atoms with van der Waals surface area (Å²) in [6.07, 6.45) is 2.19. The van der Waals surface area contributed by atoms with Crippen LogP contribution in [0.3, 0.4) is 0 Å². The molecule has 1 aliphatic heterocycles. The molecule has 0 aliphatic carbocycles. The van der Waals surface area contributed by atoms with Gasteiger partial charge in [0.2, 0.25) is 5.91 Å². The Kier molecular flexibility index (Phi) is 6.08. The van der Waals surface area contributed by atoms with Gasteiger partial charge >= 0.3 is 0 Å². The first kappa shape index (κ1) is 15.8. The number of nitrogens with zero attached hydrogens (tertiary/aromatic N) is 4. The minimum Gasteiger partial charge on any atom is -0.368 e. The molecule has 1 aliphatic rings. The molecule has 0 spiro atoms. The summed E-state index contributed by atoms with van der Waals surface area (Å²) in [5, 5.41) is 6.74. The molecule has 0 saturated carbocycles. The fraction of sp³-hybridized carbons (Fsp3) is 0.917. The SMILES string of the molecule is CC(C)N1CCC(NCCCN=[N+]=[N-])(C(N)=O)CC1. The molecule has 0 atom stereocenters. The van der Waals surface area contributed by atoms with Gasteiger partial charge in [0.05, 0.1) is 0 Å². The fourth-order valence-electron chi connectivity index (χ4n) is 2.45. The number of nitrogens with one attached hydrogen (secondary N) is 1. The van der Waals surface area contributed by atoms with E-state index in [1.807, 2.05) is 0 Å². The molecule has 0 aromatic heterocycles. The average molecular weight is 268 g/mol. The van der Waals surface area contributed by atoms with Crippen molar-refractivity contribution < 1.29 is 4.79 Å². The van der Waals surface area contributed by atoms with E-state index in [1.54, 1.807) is 0 Å². The van der Waals surface area contributed by atoms with Crippen LogP contribution in [0.4, 0.5) is 0 Å². The Morgan fingerprint density at radius 3 is 2.63 bits per heavy atom. The Morgan fingerprint density at radius 2 is 2.16 bits per heavy atom. The number of rotatable bonds is 7. The van der Waals surface area contributed by atoms with E-state index >= 15 is 0 Å². The van der Waals surface area contributed by atoms with Crippen molar-refractivity contribution in [1.82, 2.24) is 10.2 Å². The molecule has 1 saturated heterocycles. The van der Waals surface area contributed by atoms with Crippen molar-refractivity contribution in [2.24, 2.45) is 10.8 Å². The van der Waals surface area contributed by atoms with Crippen molar-refractivity contribution in [3.05, 3.63) is 10.4 Å². The summed E-state index contributed by atoms with van der Waals surface area (Å²) >= 11 is 0. The van der Waals surface area contributed by atoms with Crippen LogP contribution in [0.1, 0.15) is 33.1 Å². The van der Waals surface area contributed by atoms with Crippen LogP contribution in [0.2, 0.25) is 0 Å². The van der Waals surface area contributed by atoms with Gasteiger partial charge in [-0.25, -0.2) is 0 Å². The zero-order chi connectivity index (χ0) is 14.3. The van der Waals surface area contributed by atoms with Crippen LogP contribution in [0.25, 0.3) is 10.4 Å². The number of piperidine rings is 1. The first-order valence-corrected chi connectivity index (χ1v) is 6.82. The molecule has 1 rings (SSSR count). The Morgan fingerprint density at radius 1 is 1.53 bits per heavy atom. The Balaban J connectivity index is 2.48. The first-order chi connectivity index (χ1) is 9.02. The molecule has 0 aromatic rings. The molecule has 0 radical (unpaired) electrons. The molecule has 7 nitrogen and oxygen atoms in total. The molecular formula is C12H24N6O. The van der Waals surface area contributed by atoms with E-state index in [-0.39, 0.29) is 5.91 Å². The summed E-state index contributed by atoms with van der Waals surface area (Å²) in [7, 11) is 0. The highest BCUT2D eigenvalue weighted by atomic mass is 16.1. The second kappa shape index (κ2) is 7.33. The van der Waals surface area contributed by atoms with E-state index in [0.717, 1.165) is 25.9 Å². The first-order valence-electron chi connectivity index (χ1n) is 6.82. The van der Waals surface area contributed by atoms with Crippen molar-refractivity contribution in [2.45, 2.75) is 44.7 Å². The second-order valence-electron chi connectivity index (χ2n) is 5.31. The lowest BCUT2D eigenvalue weighted by Gasteiger charge is -2.41. The van der Waals surface area contributed by atoms with E-state index in [1.165, 1.54) is 0 Å². The summed E-state index contributed by atoms with van der Waals surface area (Å²) < 4.78 is 0. The van der Waals surface area contributed by atoms with Crippen molar-refractivity contribution in [1.29, 1.82) is 0 Å². The normalized spacial score (nSPS) is 19.1. The van der Waals surface area contributed by atoms with Gasteiger partial charge in [-0.2, -0.15) is 0 Å². The van der Waals surface area contributed by atoms with Gasteiger partial charge in [0.1, 0.15) is 5.54 Å². The largest absolute Gasteiger partial charge is 0.368 e. The summed E-state index contributed by atoms with van der Waals surface area (Å²) in [6, 6.07) is 0.496. The molecule has 19 heavy (non-hydrogen) atoms. The lowest BCUT2D eigenvalue weighted by Crippen LogP contribution is -2.61. The molecule has 1 amide bonds. The maximum Gasteiger partial charge on any atom is 0.237 e. The Hall–Kier alpha value is -1.30. The zero-order valence-corrected chi connectivity index (χ0v) is 11.8. The molecule has 0 bridgehead atoms. The van der Waals surface area contributed by atoms with Gasteiger partial charge in [0.15, 0.2) is 0 Å². The maximum atomic E-state index is 11.7. The standard InChI is InChI=1S/C12H24N6O/c1-10(2)18-8-4-12(5-9-18,11(13)19)15-6-3-7-16-17-14/h10,15H,3-9H2,1-2H3,(H2,13,19). The topological polar surface area (TPSA) is 107 Å². The minimum atomic E-state index is -0.595. The van der Waals surface area contributed by atoms with E-state index in [2.05, 4.69) is 34.1 Å². The lowest BCUT2D eigenvalue weighted by molar-refractivity contribution is -0.126. The third kappa shape index (κ3) is 4.38. The molecule has 108 valence electrons. The van der Waals surface area contributed by atoms with Gasteiger partial charge in [-0.15, -0.1) is 0 Å². The molecule has 0 aromatic carbocycles. The fourth-order valence-corrected chi connectivity index (χ4v) is 2.45. The van der Waals surface area contributed by atoms with Gasteiger partial charge in [-0.1, -0.05) is 5.11 Å². The summed E-state index contributed by atoms with van der Waals surface area (Å²) in [5.74, 6) is -0.278. The number of likely N-dealkylation sites (tertiary alicyclic amines) is 1. The van der Waals surface area contributed by atoms with Crippen LogP contribution in [-0.2, 0) is 4.79 Å². The van der Waals surface area contributed by atoms with Gasteiger partial charge in [-0.05, 0) is 45.2 Å². The molecule has 0 unspecified atom stereocenters. The predicted octanol–water partition coefficient (Wildman–Crippen LogP) is 1.00. The average Bonchev–Trinajstić information content (AvgIpc) is 2.38.